The van der Waals surface area contributed by atoms with Crippen molar-refractivity contribution >= 4 is 47.4 Å². The van der Waals surface area contributed by atoms with Gasteiger partial charge in [0.25, 0.3) is 0 Å². The molecule has 1 saturated carbocycles. The number of hydrogen-bond donors (Lipinski definition) is 2. The van der Waals surface area contributed by atoms with E-state index in [2.05, 4.69) is 33.2 Å². The van der Waals surface area contributed by atoms with Gasteiger partial charge >= 0.3 is 6.09 Å². The third kappa shape index (κ3) is 3.73. The molecule has 2 aromatic heterocycles. The van der Waals surface area contributed by atoms with Gasteiger partial charge in [-0.25, -0.2) is 14.8 Å². The normalized spacial score (nSPS) is 18.9. The predicted octanol–water partition coefficient (Wildman–Crippen LogP) is 2.13. The van der Waals surface area contributed by atoms with Crippen LogP contribution in [0.2, 0.25) is 0 Å². The first kappa shape index (κ1) is 21.8. The molecule has 2 aliphatic rings. The monoisotopic (exact) mass is 456 g/mol. The third-order valence-corrected chi connectivity index (χ3v) is 6.73. The maximum Gasteiger partial charge on any atom is 0.413 e. The number of fused-ring (bicyclic) bond motifs is 2. The number of pyridine rings is 2. The van der Waals surface area contributed by atoms with Gasteiger partial charge in [-0.05, 0) is 35.6 Å². The van der Waals surface area contributed by atoms with Crippen molar-refractivity contribution in [2.45, 2.75) is 25.9 Å². The smallest absolute Gasteiger partial charge is 0.413 e. The highest BCUT2D eigenvalue weighted by molar-refractivity contribution is 6.41. The summed E-state index contributed by atoms with van der Waals surface area (Å²) in [4.78, 5) is 23.3. The summed E-state index contributed by atoms with van der Waals surface area (Å²) in [6, 6.07) is 6.00. The molecule has 0 spiro atoms. The number of carbonyl (C=O) groups is 1. The van der Waals surface area contributed by atoms with Gasteiger partial charge in [0.1, 0.15) is 32.1 Å². The lowest BCUT2D eigenvalue weighted by atomic mass is 9.82. The van der Waals surface area contributed by atoms with E-state index in [1.807, 2.05) is 27.2 Å². The van der Waals surface area contributed by atoms with E-state index in [4.69, 9.17) is 20.5 Å². The number of nitriles is 1. The highest BCUT2D eigenvalue weighted by Gasteiger charge is 2.32. The van der Waals surface area contributed by atoms with Gasteiger partial charge < -0.3 is 20.1 Å². The number of hydrogen-bond acceptors (Lipinski definition) is 8. The topological polar surface area (TPSA) is 126 Å². The van der Waals surface area contributed by atoms with Crippen LogP contribution in [0.3, 0.4) is 0 Å². The minimum absolute atomic E-state index is 0.0332. The van der Waals surface area contributed by atoms with Gasteiger partial charge in [0.05, 0.1) is 18.5 Å². The van der Waals surface area contributed by atoms with E-state index in [1.165, 1.54) is 0 Å². The Morgan fingerprint density at radius 1 is 1.32 bits per heavy atom. The summed E-state index contributed by atoms with van der Waals surface area (Å²) in [5.41, 5.74) is 12.1. The lowest BCUT2D eigenvalue weighted by Gasteiger charge is -2.29. The molecule has 1 aliphatic heterocycles. The summed E-state index contributed by atoms with van der Waals surface area (Å²) in [6.45, 7) is 3.47. The molecule has 1 aliphatic carbocycles. The van der Waals surface area contributed by atoms with Gasteiger partial charge in [0, 0.05) is 48.9 Å². The summed E-state index contributed by atoms with van der Waals surface area (Å²) in [6.07, 6.45) is 3.82. The zero-order valence-electron chi connectivity index (χ0n) is 19.4. The van der Waals surface area contributed by atoms with Crippen molar-refractivity contribution in [2.75, 3.05) is 36.1 Å². The second-order valence-electron chi connectivity index (χ2n) is 8.92. The predicted molar refractivity (Wildman–Crippen MR) is 133 cm³/mol. The number of nitrogens with zero attached hydrogens (tertiary/aromatic N) is 4. The number of anilines is 3. The molecule has 172 valence electrons. The zero-order valence-corrected chi connectivity index (χ0v) is 19.4. The molecular weight excluding hydrogens is 431 g/mol. The van der Waals surface area contributed by atoms with Crippen LogP contribution in [0.1, 0.15) is 18.4 Å². The van der Waals surface area contributed by atoms with Gasteiger partial charge in [-0.3, -0.25) is 5.32 Å². The van der Waals surface area contributed by atoms with Crippen LogP contribution >= 0.6 is 0 Å². The van der Waals surface area contributed by atoms with Crippen molar-refractivity contribution in [3.8, 4) is 23.1 Å². The van der Waals surface area contributed by atoms with Crippen molar-refractivity contribution in [2.24, 2.45) is 5.92 Å². The molecule has 10 heteroatoms. The average Bonchev–Trinajstić information content (AvgIpc) is 2.79. The van der Waals surface area contributed by atoms with Crippen molar-refractivity contribution in [1.82, 2.24) is 9.97 Å². The first-order chi connectivity index (χ1) is 16.4. The fraction of sp³-hybridized carbons (Fsp3) is 0.333. The van der Waals surface area contributed by atoms with E-state index in [1.54, 1.807) is 12.3 Å². The lowest BCUT2D eigenvalue weighted by molar-refractivity contribution is 0.0418. The minimum atomic E-state index is -0.577. The van der Waals surface area contributed by atoms with Crippen LogP contribution in [0.4, 0.5) is 22.0 Å². The SMILES string of the molecule is Bc1c(-c2cnc3c(c2C)N(C)CCO3)cc2cc(NC(=O)OC3CC(C#N)C3)ncc2c1N. The van der Waals surface area contributed by atoms with Crippen molar-refractivity contribution in [3.05, 3.63) is 30.1 Å². The van der Waals surface area contributed by atoms with E-state index >= 15 is 0 Å². The molecular formula is C24H25BN6O3. The molecule has 0 bridgehead atoms. The Labute approximate surface area is 198 Å². The van der Waals surface area contributed by atoms with Crippen molar-refractivity contribution < 1.29 is 14.3 Å². The summed E-state index contributed by atoms with van der Waals surface area (Å²) in [5.74, 6) is 0.980. The van der Waals surface area contributed by atoms with E-state index in [9.17, 15) is 4.79 Å². The van der Waals surface area contributed by atoms with E-state index in [0.717, 1.165) is 45.2 Å². The lowest BCUT2D eigenvalue weighted by Crippen LogP contribution is -2.34. The number of nitrogens with two attached hydrogens (primary N) is 1. The summed E-state index contributed by atoms with van der Waals surface area (Å²) in [7, 11) is 4.02. The zero-order chi connectivity index (χ0) is 24.0. The fourth-order valence-corrected chi connectivity index (χ4v) is 4.61. The van der Waals surface area contributed by atoms with E-state index < -0.39 is 6.09 Å². The van der Waals surface area contributed by atoms with Gasteiger partial charge in [-0.2, -0.15) is 5.26 Å². The summed E-state index contributed by atoms with van der Waals surface area (Å²) >= 11 is 0. The van der Waals surface area contributed by atoms with Crippen LogP contribution < -0.4 is 26.2 Å². The first-order valence-corrected chi connectivity index (χ1v) is 11.3. The van der Waals surface area contributed by atoms with Crippen LogP contribution in [0.25, 0.3) is 21.9 Å². The Morgan fingerprint density at radius 2 is 2.12 bits per heavy atom. The molecule has 0 saturated heterocycles. The molecule has 0 radical (unpaired) electrons. The molecule has 3 aromatic rings. The van der Waals surface area contributed by atoms with Crippen LogP contribution in [-0.4, -0.2) is 50.2 Å². The van der Waals surface area contributed by atoms with E-state index in [0.29, 0.717) is 36.8 Å². The molecule has 0 unspecified atom stereocenters. The Balaban J connectivity index is 1.47. The molecule has 34 heavy (non-hydrogen) atoms. The Bertz CT molecular complexity index is 1350. The highest BCUT2D eigenvalue weighted by Crippen LogP contribution is 2.38. The molecule has 1 amide bonds. The number of nitrogen functional groups attached to an aromatic ring is 1. The number of aromatic nitrogens is 2. The number of benzene rings is 1. The second-order valence-corrected chi connectivity index (χ2v) is 8.92. The molecule has 1 fully saturated rings. The highest BCUT2D eigenvalue weighted by atomic mass is 16.6. The number of amides is 1. The van der Waals surface area contributed by atoms with Gasteiger partial charge in [-0.1, -0.05) is 5.46 Å². The fourth-order valence-electron chi connectivity index (χ4n) is 4.61. The standard InChI is InChI=1S/C24H25BN6O3/c1-12-17(10-29-23-22(12)31(2)3-4-33-23)16-7-14-8-19(28-11-18(14)21(27)20(16)25)30-24(32)34-15-5-13(6-15)9-26/h7-8,10-11,13,15H,3-6,25,27H2,1-2H3,(H,28,30,32). The molecule has 3 N–H and O–H groups in total. The van der Waals surface area contributed by atoms with Crippen LogP contribution in [0, 0.1) is 24.2 Å². The van der Waals surface area contributed by atoms with Crippen LogP contribution in [-0.2, 0) is 4.74 Å². The number of ether oxygens (including phenoxy) is 2. The Morgan fingerprint density at radius 3 is 2.88 bits per heavy atom. The van der Waals surface area contributed by atoms with Crippen LogP contribution in [0.15, 0.2) is 24.5 Å². The minimum Gasteiger partial charge on any atom is -0.474 e. The molecule has 0 atom stereocenters. The summed E-state index contributed by atoms with van der Waals surface area (Å²) < 4.78 is 11.1. The molecule has 1 aromatic carbocycles. The second kappa shape index (κ2) is 8.41. The van der Waals surface area contributed by atoms with Crippen molar-refractivity contribution in [1.29, 1.82) is 5.26 Å². The quantitative estimate of drug-likeness (QED) is 0.454. The van der Waals surface area contributed by atoms with Gasteiger partial charge in [0.2, 0.25) is 5.88 Å². The number of likely N-dealkylation sites (N-methyl/N-ethyl adjacent to an activating group) is 1. The van der Waals surface area contributed by atoms with Gasteiger partial charge in [0.15, 0.2) is 0 Å². The molecule has 3 heterocycles. The van der Waals surface area contributed by atoms with Crippen molar-refractivity contribution in [3.63, 3.8) is 0 Å². The molecule has 9 nitrogen and oxygen atoms in total. The van der Waals surface area contributed by atoms with Crippen LogP contribution in [0.5, 0.6) is 5.88 Å². The molecule has 5 rings (SSSR count). The first-order valence-electron chi connectivity index (χ1n) is 11.3. The van der Waals surface area contributed by atoms with E-state index in [-0.39, 0.29) is 12.0 Å². The third-order valence-electron chi connectivity index (χ3n) is 6.73. The maximum atomic E-state index is 12.3. The Kier molecular flexibility index (Phi) is 5.40. The number of nitrogens with one attached hydrogen (secondary N) is 1. The largest absolute Gasteiger partial charge is 0.474 e. The average molecular weight is 456 g/mol. The Hall–Kier alpha value is -4.00. The number of rotatable bonds is 3. The summed E-state index contributed by atoms with van der Waals surface area (Å²) in [5, 5.41) is 13.2. The van der Waals surface area contributed by atoms with Gasteiger partial charge in [-0.15, -0.1) is 0 Å². The maximum absolute atomic E-state index is 12.3. The number of carbonyl (C=O) groups excluding carboxylic acids is 1.